The molecule has 1 aromatic heterocycles. The number of nitrogens with one attached hydrogen (secondary N) is 1. The molecular weight excluding hydrogens is 244 g/mol. The SMILES string of the molecule is CCCCc1n[nH]c(=S)n1/N=C\c1ccccc1. The lowest BCUT2D eigenvalue weighted by atomic mass is 10.2. The van der Waals surface area contributed by atoms with Gasteiger partial charge in [-0.3, -0.25) is 5.10 Å². The average molecular weight is 260 g/mol. The smallest absolute Gasteiger partial charge is 0.216 e. The molecule has 5 heteroatoms. The third-order valence-corrected chi connectivity index (χ3v) is 2.86. The summed E-state index contributed by atoms with van der Waals surface area (Å²) in [6.45, 7) is 2.15. The molecule has 1 heterocycles. The van der Waals surface area contributed by atoms with Crippen LogP contribution in [0.5, 0.6) is 0 Å². The van der Waals surface area contributed by atoms with Crippen LogP contribution in [0.15, 0.2) is 35.4 Å². The molecule has 0 radical (unpaired) electrons. The van der Waals surface area contributed by atoms with Crippen LogP contribution in [0.4, 0.5) is 0 Å². The van der Waals surface area contributed by atoms with E-state index in [0.717, 1.165) is 30.7 Å². The van der Waals surface area contributed by atoms with Crippen molar-refractivity contribution in [3.8, 4) is 0 Å². The average Bonchev–Trinajstić information content (AvgIpc) is 2.76. The minimum Gasteiger partial charge on any atom is -0.250 e. The van der Waals surface area contributed by atoms with E-state index in [2.05, 4.69) is 22.2 Å². The van der Waals surface area contributed by atoms with E-state index in [0.29, 0.717) is 4.77 Å². The summed E-state index contributed by atoms with van der Waals surface area (Å²) in [5.41, 5.74) is 1.04. The summed E-state index contributed by atoms with van der Waals surface area (Å²) in [4.78, 5) is 0. The lowest BCUT2D eigenvalue weighted by Gasteiger charge is -1.99. The van der Waals surface area contributed by atoms with Crippen molar-refractivity contribution in [3.05, 3.63) is 46.5 Å². The minimum atomic E-state index is 0.535. The second kappa shape index (κ2) is 6.26. The van der Waals surface area contributed by atoms with Crippen molar-refractivity contribution in [1.29, 1.82) is 0 Å². The minimum absolute atomic E-state index is 0.535. The Morgan fingerprint density at radius 1 is 1.39 bits per heavy atom. The summed E-state index contributed by atoms with van der Waals surface area (Å²) in [6, 6.07) is 9.94. The van der Waals surface area contributed by atoms with E-state index >= 15 is 0 Å². The Morgan fingerprint density at radius 3 is 2.89 bits per heavy atom. The van der Waals surface area contributed by atoms with Crippen LogP contribution in [0.25, 0.3) is 0 Å². The number of hydrogen-bond donors (Lipinski definition) is 1. The van der Waals surface area contributed by atoms with E-state index in [-0.39, 0.29) is 0 Å². The van der Waals surface area contributed by atoms with Crippen molar-refractivity contribution in [1.82, 2.24) is 14.9 Å². The zero-order valence-corrected chi connectivity index (χ0v) is 11.2. The monoisotopic (exact) mass is 260 g/mol. The van der Waals surface area contributed by atoms with Crippen molar-refractivity contribution in [3.63, 3.8) is 0 Å². The van der Waals surface area contributed by atoms with Crippen LogP contribution in [0.3, 0.4) is 0 Å². The molecular formula is C13H16N4S. The standard InChI is InChI=1S/C13H16N4S/c1-2-3-9-12-15-16-13(18)17(12)14-10-11-7-5-4-6-8-11/h4-8,10H,2-3,9H2,1H3,(H,16,18)/b14-10-. The summed E-state index contributed by atoms with van der Waals surface area (Å²) in [6.07, 6.45) is 4.89. The van der Waals surface area contributed by atoms with Gasteiger partial charge in [-0.05, 0) is 24.2 Å². The normalized spacial score (nSPS) is 11.2. The van der Waals surface area contributed by atoms with Gasteiger partial charge in [-0.2, -0.15) is 14.9 Å². The summed E-state index contributed by atoms with van der Waals surface area (Å²) >= 11 is 5.17. The molecule has 0 saturated carbocycles. The van der Waals surface area contributed by atoms with Crippen molar-refractivity contribution >= 4 is 18.4 Å². The molecule has 4 nitrogen and oxygen atoms in total. The lowest BCUT2D eigenvalue weighted by molar-refractivity contribution is 0.700. The van der Waals surface area contributed by atoms with Gasteiger partial charge in [0.05, 0.1) is 6.21 Å². The number of benzene rings is 1. The molecule has 2 aromatic rings. The largest absolute Gasteiger partial charge is 0.250 e. The Kier molecular flexibility index (Phi) is 4.41. The van der Waals surface area contributed by atoms with Gasteiger partial charge in [0.1, 0.15) is 0 Å². The number of H-pyrrole nitrogens is 1. The molecule has 0 aliphatic carbocycles. The van der Waals surface area contributed by atoms with Crippen LogP contribution in [-0.2, 0) is 6.42 Å². The Labute approximate surface area is 111 Å². The van der Waals surface area contributed by atoms with Gasteiger partial charge < -0.3 is 0 Å². The number of nitrogens with zero attached hydrogens (tertiary/aromatic N) is 3. The summed E-state index contributed by atoms with van der Waals surface area (Å²) in [5, 5.41) is 11.4. The van der Waals surface area contributed by atoms with Crippen molar-refractivity contribution < 1.29 is 0 Å². The van der Waals surface area contributed by atoms with Crippen molar-refractivity contribution in [2.45, 2.75) is 26.2 Å². The predicted octanol–water partition coefficient (Wildman–Crippen LogP) is 3.17. The molecule has 94 valence electrons. The highest BCUT2D eigenvalue weighted by Crippen LogP contribution is 2.04. The zero-order valence-electron chi connectivity index (χ0n) is 10.3. The highest BCUT2D eigenvalue weighted by atomic mass is 32.1. The fraction of sp³-hybridized carbons (Fsp3) is 0.308. The molecule has 0 spiro atoms. The molecule has 0 aliphatic heterocycles. The molecule has 0 unspecified atom stereocenters. The summed E-state index contributed by atoms with van der Waals surface area (Å²) in [7, 11) is 0. The maximum Gasteiger partial charge on any atom is 0.216 e. The fourth-order valence-corrected chi connectivity index (χ4v) is 1.80. The first-order valence-corrected chi connectivity index (χ1v) is 6.48. The highest BCUT2D eigenvalue weighted by Gasteiger charge is 2.03. The molecule has 0 saturated heterocycles. The number of rotatable bonds is 5. The second-order valence-electron chi connectivity index (χ2n) is 4.02. The molecule has 0 fully saturated rings. The quantitative estimate of drug-likeness (QED) is 0.663. The first-order chi connectivity index (χ1) is 8.81. The Hall–Kier alpha value is -1.75. The number of hydrogen-bond acceptors (Lipinski definition) is 3. The maximum atomic E-state index is 5.17. The van der Waals surface area contributed by atoms with E-state index in [1.54, 1.807) is 10.9 Å². The van der Waals surface area contributed by atoms with Gasteiger partial charge in [0.25, 0.3) is 0 Å². The molecule has 0 bridgehead atoms. The predicted molar refractivity (Wildman–Crippen MR) is 75.5 cm³/mol. The molecule has 1 aromatic carbocycles. The maximum absolute atomic E-state index is 5.17. The van der Waals surface area contributed by atoms with Crippen LogP contribution < -0.4 is 0 Å². The Bertz CT molecular complexity index is 568. The van der Waals surface area contributed by atoms with Crippen LogP contribution in [0, 0.1) is 4.77 Å². The molecule has 0 amide bonds. The van der Waals surface area contributed by atoms with E-state index in [1.807, 2.05) is 30.3 Å². The molecule has 2 rings (SSSR count). The third-order valence-electron chi connectivity index (χ3n) is 2.59. The number of aromatic amines is 1. The van der Waals surface area contributed by atoms with Crippen LogP contribution in [-0.4, -0.2) is 21.1 Å². The molecule has 1 N–H and O–H groups in total. The van der Waals surface area contributed by atoms with E-state index < -0.39 is 0 Å². The van der Waals surface area contributed by atoms with Crippen LogP contribution in [0.2, 0.25) is 0 Å². The van der Waals surface area contributed by atoms with Gasteiger partial charge in [-0.1, -0.05) is 43.7 Å². The van der Waals surface area contributed by atoms with Gasteiger partial charge in [0.2, 0.25) is 4.77 Å². The lowest BCUT2D eigenvalue weighted by Crippen LogP contribution is -1.99. The Morgan fingerprint density at radius 2 is 2.17 bits per heavy atom. The van der Waals surface area contributed by atoms with Gasteiger partial charge in [-0.25, -0.2) is 0 Å². The number of aryl methyl sites for hydroxylation is 1. The van der Waals surface area contributed by atoms with Crippen molar-refractivity contribution in [2.24, 2.45) is 5.10 Å². The van der Waals surface area contributed by atoms with Gasteiger partial charge >= 0.3 is 0 Å². The van der Waals surface area contributed by atoms with Crippen molar-refractivity contribution in [2.75, 3.05) is 0 Å². The summed E-state index contributed by atoms with van der Waals surface area (Å²) in [5.74, 6) is 0.883. The molecule has 0 atom stereocenters. The number of unbranched alkanes of at least 4 members (excludes halogenated alkanes) is 1. The first kappa shape index (κ1) is 12.7. The summed E-state index contributed by atoms with van der Waals surface area (Å²) < 4.78 is 2.23. The van der Waals surface area contributed by atoms with E-state index in [9.17, 15) is 0 Å². The highest BCUT2D eigenvalue weighted by molar-refractivity contribution is 7.71. The fourth-order valence-electron chi connectivity index (χ4n) is 1.60. The first-order valence-electron chi connectivity index (χ1n) is 6.07. The molecule has 18 heavy (non-hydrogen) atoms. The van der Waals surface area contributed by atoms with E-state index in [1.165, 1.54) is 0 Å². The third kappa shape index (κ3) is 3.13. The van der Waals surface area contributed by atoms with Crippen LogP contribution in [0.1, 0.15) is 31.2 Å². The second-order valence-corrected chi connectivity index (χ2v) is 4.40. The zero-order chi connectivity index (χ0) is 12.8. The topological polar surface area (TPSA) is 46.0 Å². The number of aromatic nitrogens is 3. The van der Waals surface area contributed by atoms with Gasteiger partial charge in [0.15, 0.2) is 5.82 Å². The molecule has 0 aliphatic rings. The Balaban J connectivity index is 2.20. The van der Waals surface area contributed by atoms with Crippen LogP contribution >= 0.6 is 12.2 Å². The van der Waals surface area contributed by atoms with E-state index in [4.69, 9.17) is 12.2 Å². The van der Waals surface area contributed by atoms with Gasteiger partial charge in [-0.15, -0.1) is 0 Å². The van der Waals surface area contributed by atoms with Gasteiger partial charge in [0, 0.05) is 6.42 Å².